The van der Waals surface area contributed by atoms with Crippen LogP contribution in [0.4, 0.5) is 13.2 Å². The van der Waals surface area contributed by atoms with Crippen molar-refractivity contribution < 1.29 is 27.4 Å². The number of halogens is 3. The molecule has 2 atom stereocenters. The molecule has 21 heavy (non-hydrogen) atoms. The monoisotopic (exact) mass is 304 g/mol. The molecule has 1 aliphatic heterocycles. The Morgan fingerprint density at radius 3 is 2.48 bits per heavy atom. The lowest BCUT2D eigenvalue weighted by Crippen LogP contribution is -2.26. The topological polar surface area (TPSA) is 27.7 Å². The molecule has 0 N–H and O–H groups in total. The molecule has 1 saturated heterocycles. The molecule has 0 saturated carbocycles. The molecule has 1 aliphatic rings. The molecule has 1 aromatic carbocycles. The highest BCUT2D eigenvalue weighted by Crippen LogP contribution is 2.31. The molecule has 1 aromatic rings. The quantitative estimate of drug-likeness (QED) is 0.825. The van der Waals surface area contributed by atoms with Crippen molar-refractivity contribution in [1.29, 1.82) is 0 Å². The average Bonchev–Trinajstić information content (AvgIpc) is 2.47. The summed E-state index contributed by atoms with van der Waals surface area (Å²) < 4.78 is 54.1. The van der Waals surface area contributed by atoms with Crippen molar-refractivity contribution in [1.82, 2.24) is 0 Å². The molecular weight excluding hydrogens is 285 g/mol. The van der Waals surface area contributed by atoms with Gasteiger partial charge in [-0.05, 0) is 37.0 Å². The zero-order chi connectivity index (χ0) is 15.3. The highest BCUT2D eigenvalue weighted by atomic mass is 19.4. The molecule has 0 aromatic heterocycles. The summed E-state index contributed by atoms with van der Waals surface area (Å²) in [5, 5.41) is 0. The van der Waals surface area contributed by atoms with E-state index in [1.807, 2.05) is 0 Å². The number of alkyl halides is 3. The Morgan fingerprint density at radius 1 is 1.24 bits per heavy atom. The van der Waals surface area contributed by atoms with E-state index in [1.54, 1.807) is 0 Å². The third-order valence-electron chi connectivity index (χ3n) is 3.38. The van der Waals surface area contributed by atoms with Gasteiger partial charge in [-0.15, -0.1) is 0 Å². The summed E-state index contributed by atoms with van der Waals surface area (Å²) in [6, 6.07) is 4.97. The fourth-order valence-corrected chi connectivity index (χ4v) is 2.25. The van der Waals surface area contributed by atoms with Gasteiger partial charge in [0.25, 0.3) is 0 Å². The third-order valence-corrected chi connectivity index (χ3v) is 3.38. The molecule has 118 valence electrons. The largest absolute Gasteiger partial charge is 0.416 e. The van der Waals surface area contributed by atoms with Crippen LogP contribution >= 0.6 is 0 Å². The minimum Gasteiger partial charge on any atom is -0.382 e. The Bertz CT molecular complexity index is 425. The maximum atomic E-state index is 12.6. The van der Waals surface area contributed by atoms with E-state index in [2.05, 4.69) is 0 Å². The SMILES string of the molecule is COC[C@@H](OC1CCCCO1)c1ccc(C(F)(F)F)cc1. The van der Waals surface area contributed by atoms with Crippen molar-refractivity contribution in [3.8, 4) is 0 Å². The fourth-order valence-electron chi connectivity index (χ4n) is 2.25. The van der Waals surface area contributed by atoms with Crippen LogP contribution in [-0.4, -0.2) is 26.6 Å². The molecule has 0 bridgehead atoms. The number of methoxy groups -OCH3 is 1. The molecular formula is C15H19F3O3. The van der Waals surface area contributed by atoms with Gasteiger partial charge in [-0.25, -0.2) is 0 Å². The number of ether oxygens (including phenoxy) is 3. The van der Waals surface area contributed by atoms with E-state index < -0.39 is 17.8 Å². The summed E-state index contributed by atoms with van der Waals surface area (Å²) in [5.74, 6) is 0. The van der Waals surface area contributed by atoms with Crippen LogP contribution in [0.25, 0.3) is 0 Å². The highest BCUT2D eigenvalue weighted by molar-refractivity contribution is 5.26. The molecule has 0 spiro atoms. The van der Waals surface area contributed by atoms with Crippen LogP contribution in [0.1, 0.15) is 36.5 Å². The second-order valence-electron chi connectivity index (χ2n) is 5.00. The number of hydrogen-bond acceptors (Lipinski definition) is 3. The van der Waals surface area contributed by atoms with Gasteiger partial charge in [0.05, 0.1) is 12.2 Å². The fraction of sp³-hybridized carbons (Fsp3) is 0.600. The molecule has 0 aliphatic carbocycles. The molecule has 1 heterocycles. The molecule has 2 rings (SSSR count). The highest BCUT2D eigenvalue weighted by Gasteiger charge is 2.30. The first-order valence-corrected chi connectivity index (χ1v) is 6.94. The van der Waals surface area contributed by atoms with E-state index in [1.165, 1.54) is 19.2 Å². The van der Waals surface area contributed by atoms with Crippen molar-refractivity contribution in [2.24, 2.45) is 0 Å². The maximum absolute atomic E-state index is 12.6. The Morgan fingerprint density at radius 2 is 1.95 bits per heavy atom. The third kappa shape index (κ3) is 4.69. The lowest BCUT2D eigenvalue weighted by atomic mass is 10.1. The normalized spacial score (nSPS) is 21.2. The van der Waals surface area contributed by atoms with Crippen molar-refractivity contribution in [2.45, 2.75) is 37.8 Å². The van der Waals surface area contributed by atoms with Crippen LogP contribution in [0.15, 0.2) is 24.3 Å². The van der Waals surface area contributed by atoms with Crippen LogP contribution < -0.4 is 0 Å². The van der Waals surface area contributed by atoms with E-state index >= 15 is 0 Å². The van der Waals surface area contributed by atoms with E-state index in [9.17, 15) is 13.2 Å². The van der Waals surface area contributed by atoms with E-state index in [4.69, 9.17) is 14.2 Å². The second kappa shape index (κ2) is 7.24. The van der Waals surface area contributed by atoms with Crippen molar-refractivity contribution in [2.75, 3.05) is 20.3 Å². The lowest BCUT2D eigenvalue weighted by molar-refractivity contribution is -0.198. The summed E-state index contributed by atoms with van der Waals surface area (Å²) in [6.07, 6.45) is -2.25. The van der Waals surface area contributed by atoms with Crippen LogP contribution in [0.2, 0.25) is 0 Å². The zero-order valence-corrected chi connectivity index (χ0v) is 11.9. The molecule has 0 amide bonds. The predicted octanol–water partition coefficient (Wildman–Crippen LogP) is 3.94. The predicted molar refractivity (Wildman–Crippen MR) is 70.7 cm³/mol. The van der Waals surface area contributed by atoms with Crippen LogP contribution in [-0.2, 0) is 20.4 Å². The second-order valence-corrected chi connectivity index (χ2v) is 5.00. The van der Waals surface area contributed by atoms with E-state index in [-0.39, 0.29) is 12.9 Å². The minimum atomic E-state index is -4.33. The minimum absolute atomic E-state index is 0.269. The van der Waals surface area contributed by atoms with Crippen molar-refractivity contribution in [3.05, 3.63) is 35.4 Å². The van der Waals surface area contributed by atoms with Gasteiger partial charge in [-0.1, -0.05) is 12.1 Å². The Balaban J connectivity index is 2.06. The average molecular weight is 304 g/mol. The zero-order valence-electron chi connectivity index (χ0n) is 11.9. The Labute approximate surface area is 122 Å². The van der Waals surface area contributed by atoms with Gasteiger partial charge < -0.3 is 14.2 Å². The first-order valence-electron chi connectivity index (χ1n) is 6.94. The first kappa shape index (κ1) is 16.3. The summed E-state index contributed by atoms with van der Waals surface area (Å²) in [5.41, 5.74) is -0.0182. The van der Waals surface area contributed by atoms with Gasteiger partial charge in [0.15, 0.2) is 6.29 Å². The van der Waals surface area contributed by atoms with E-state index in [0.717, 1.165) is 31.4 Å². The van der Waals surface area contributed by atoms with Gasteiger partial charge in [-0.3, -0.25) is 0 Å². The van der Waals surface area contributed by atoms with Gasteiger partial charge in [0.2, 0.25) is 0 Å². The molecule has 6 heteroatoms. The molecule has 0 radical (unpaired) electrons. The van der Waals surface area contributed by atoms with Gasteiger partial charge in [0.1, 0.15) is 6.10 Å². The molecule has 1 fully saturated rings. The van der Waals surface area contributed by atoms with Crippen molar-refractivity contribution in [3.63, 3.8) is 0 Å². The van der Waals surface area contributed by atoms with Gasteiger partial charge in [0, 0.05) is 13.7 Å². The van der Waals surface area contributed by atoms with Crippen LogP contribution in [0.3, 0.4) is 0 Å². The standard InChI is InChI=1S/C15H19F3O3/c1-19-10-13(21-14-4-2-3-9-20-14)11-5-7-12(8-6-11)15(16,17)18/h5-8,13-14H,2-4,9-10H2,1H3/t13-,14?/m1/s1. The Kier molecular flexibility index (Phi) is 5.61. The first-order chi connectivity index (χ1) is 10.0. The summed E-state index contributed by atoms with van der Waals surface area (Å²) >= 11 is 0. The summed E-state index contributed by atoms with van der Waals surface area (Å²) in [4.78, 5) is 0. The maximum Gasteiger partial charge on any atom is 0.416 e. The summed E-state index contributed by atoms with van der Waals surface area (Å²) in [6.45, 7) is 0.919. The van der Waals surface area contributed by atoms with Gasteiger partial charge in [-0.2, -0.15) is 13.2 Å². The van der Waals surface area contributed by atoms with Gasteiger partial charge >= 0.3 is 6.18 Å². The smallest absolute Gasteiger partial charge is 0.382 e. The summed E-state index contributed by atoms with van der Waals surface area (Å²) in [7, 11) is 1.53. The molecule has 3 nitrogen and oxygen atoms in total. The molecule has 1 unspecified atom stereocenters. The van der Waals surface area contributed by atoms with Crippen molar-refractivity contribution >= 4 is 0 Å². The number of benzene rings is 1. The number of rotatable bonds is 5. The Hall–Kier alpha value is -1.11. The number of hydrogen-bond donors (Lipinski definition) is 0. The van der Waals surface area contributed by atoms with E-state index in [0.29, 0.717) is 12.2 Å². The lowest BCUT2D eigenvalue weighted by Gasteiger charge is -2.27. The van der Waals surface area contributed by atoms with Crippen LogP contribution in [0.5, 0.6) is 0 Å². The van der Waals surface area contributed by atoms with Crippen LogP contribution in [0, 0.1) is 0 Å².